The molecule has 0 saturated carbocycles. The molecule has 6 heteroatoms. The third-order valence-electron chi connectivity index (χ3n) is 2.31. The van der Waals surface area contributed by atoms with Gasteiger partial charge in [0.25, 0.3) is 5.91 Å². The van der Waals surface area contributed by atoms with Crippen molar-refractivity contribution in [1.82, 2.24) is 0 Å². The van der Waals surface area contributed by atoms with Gasteiger partial charge in [0, 0.05) is 6.07 Å². The first-order valence-electron chi connectivity index (χ1n) is 5.02. The Labute approximate surface area is 112 Å². The quantitative estimate of drug-likeness (QED) is 0.825. The molecule has 0 aliphatic rings. The standard InChI is InChI=1S/C12H9ClFNO2S/c1-6-5-18-11(10(6)13)12(17)15-9-3-2-7(16)4-8(9)14/h2-5,16H,1H3,(H,15,17). The van der Waals surface area contributed by atoms with Crippen molar-refractivity contribution in [1.29, 1.82) is 0 Å². The van der Waals surface area contributed by atoms with E-state index in [0.29, 0.717) is 9.90 Å². The Morgan fingerprint density at radius 1 is 1.50 bits per heavy atom. The van der Waals surface area contributed by atoms with Gasteiger partial charge in [-0.3, -0.25) is 4.79 Å². The van der Waals surface area contributed by atoms with Crippen LogP contribution in [0.15, 0.2) is 23.6 Å². The Hall–Kier alpha value is -1.59. The normalized spacial score (nSPS) is 10.4. The maximum atomic E-state index is 13.4. The van der Waals surface area contributed by atoms with Crippen LogP contribution >= 0.6 is 22.9 Å². The summed E-state index contributed by atoms with van der Waals surface area (Å²) in [6.07, 6.45) is 0. The molecule has 0 spiro atoms. The van der Waals surface area contributed by atoms with E-state index in [-0.39, 0.29) is 11.4 Å². The number of benzene rings is 1. The molecule has 0 unspecified atom stereocenters. The van der Waals surface area contributed by atoms with Crippen LogP contribution in [0.4, 0.5) is 10.1 Å². The van der Waals surface area contributed by atoms with Crippen LogP contribution in [0.2, 0.25) is 5.02 Å². The fourth-order valence-electron chi connectivity index (χ4n) is 1.37. The minimum atomic E-state index is -0.701. The van der Waals surface area contributed by atoms with Crippen molar-refractivity contribution in [3.63, 3.8) is 0 Å². The summed E-state index contributed by atoms with van der Waals surface area (Å²) in [4.78, 5) is 12.2. The van der Waals surface area contributed by atoms with Gasteiger partial charge in [-0.25, -0.2) is 4.39 Å². The van der Waals surface area contributed by atoms with Gasteiger partial charge in [0.2, 0.25) is 0 Å². The molecule has 1 aromatic heterocycles. The molecule has 0 fully saturated rings. The van der Waals surface area contributed by atoms with Gasteiger partial charge in [-0.15, -0.1) is 11.3 Å². The molecule has 1 amide bonds. The first-order valence-corrected chi connectivity index (χ1v) is 6.28. The number of nitrogens with one attached hydrogen (secondary N) is 1. The highest BCUT2D eigenvalue weighted by molar-refractivity contribution is 7.13. The topological polar surface area (TPSA) is 49.3 Å². The average molecular weight is 286 g/mol. The number of anilines is 1. The van der Waals surface area contributed by atoms with Crippen LogP contribution in [0.1, 0.15) is 15.2 Å². The predicted molar refractivity (Wildman–Crippen MR) is 70.1 cm³/mol. The van der Waals surface area contributed by atoms with E-state index in [4.69, 9.17) is 16.7 Å². The lowest BCUT2D eigenvalue weighted by Gasteiger charge is -2.05. The summed E-state index contributed by atoms with van der Waals surface area (Å²) in [5.41, 5.74) is 0.804. The summed E-state index contributed by atoms with van der Waals surface area (Å²) in [6.45, 7) is 1.79. The first kappa shape index (κ1) is 12.9. The Bertz CT molecular complexity index is 612. The van der Waals surface area contributed by atoms with E-state index in [1.54, 1.807) is 12.3 Å². The third-order valence-corrected chi connectivity index (χ3v) is 4.00. The van der Waals surface area contributed by atoms with Gasteiger partial charge < -0.3 is 10.4 Å². The molecule has 1 aromatic carbocycles. The minimum absolute atomic E-state index is 0.0000743. The maximum absolute atomic E-state index is 13.4. The summed E-state index contributed by atoms with van der Waals surface area (Å²) in [7, 11) is 0. The lowest BCUT2D eigenvalue weighted by molar-refractivity contribution is 0.103. The largest absolute Gasteiger partial charge is 0.508 e. The van der Waals surface area contributed by atoms with Crippen LogP contribution in [0.5, 0.6) is 5.75 Å². The lowest BCUT2D eigenvalue weighted by atomic mass is 10.2. The number of carbonyl (C=O) groups excluding carboxylic acids is 1. The minimum Gasteiger partial charge on any atom is -0.508 e. The molecule has 0 atom stereocenters. The second kappa shape index (κ2) is 4.96. The van der Waals surface area contributed by atoms with Crippen molar-refractivity contribution in [2.75, 3.05) is 5.32 Å². The van der Waals surface area contributed by atoms with Gasteiger partial charge in [0.15, 0.2) is 0 Å². The van der Waals surface area contributed by atoms with Crippen molar-refractivity contribution < 1.29 is 14.3 Å². The van der Waals surface area contributed by atoms with E-state index in [2.05, 4.69) is 5.32 Å². The number of hydrogen-bond acceptors (Lipinski definition) is 3. The molecule has 3 nitrogen and oxygen atoms in total. The number of phenols is 1. The summed E-state index contributed by atoms with van der Waals surface area (Å²) in [5, 5.41) is 13.6. The number of rotatable bonds is 2. The highest BCUT2D eigenvalue weighted by Gasteiger charge is 2.16. The second-order valence-corrected chi connectivity index (χ2v) is 4.94. The van der Waals surface area contributed by atoms with Gasteiger partial charge in [-0.2, -0.15) is 0 Å². The van der Waals surface area contributed by atoms with Crippen LogP contribution < -0.4 is 5.32 Å². The number of carbonyl (C=O) groups is 1. The molecular weight excluding hydrogens is 277 g/mol. The zero-order valence-corrected chi connectivity index (χ0v) is 10.9. The van der Waals surface area contributed by atoms with Crippen molar-refractivity contribution in [3.8, 4) is 5.75 Å². The number of amides is 1. The summed E-state index contributed by atoms with van der Waals surface area (Å²) < 4.78 is 13.4. The highest BCUT2D eigenvalue weighted by Crippen LogP contribution is 2.28. The van der Waals surface area contributed by atoms with Crippen LogP contribution in [-0.4, -0.2) is 11.0 Å². The Morgan fingerprint density at radius 3 is 2.78 bits per heavy atom. The number of aromatic hydroxyl groups is 1. The van der Waals surface area contributed by atoms with Gasteiger partial charge in [0.05, 0.1) is 10.7 Å². The van der Waals surface area contributed by atoms with Gasteiger partial charge >= 0.3 is 0 Å². The average Bonchev–Trinajstić information content (AvgIpc) is 2.64. The highest BCUT2D eigenvalue weighted by atomic mass is 35.5. The number of aryl methyl sites for hydroxylation is 1. The number of thiophene rings is 1. The van der Waals surface area contributed by atoms with Gasteiger partial charge in [-0.1, -0.05) is 11.6 Å². The summed E-state index contributed by atoms with van der Waals surface area (Å²) in [5.74, 6) is -1.37. The molecule has 0 radical (unpaired) electrons. The van der Waals surface area contributed by atoms with Crippen LogP contribution in [0.25, 0.3) is 0 Å². The number of phenolic OH excluding ortho intramolecular Hbond substituents is 1. The second-order valence-electron chi connectivity index (χ2n) is 3.68. The van der Waals surface area contributed by atoms with E-state index in [9.17, 15) is 9.18 Å². The predicted octanol–water partition coefficient (Wildman–Crippen LogP) is 3.81. The van der Waals surface area contributed by atoms with E-state index < -0.39 is 11.7 Å². The molecule has 0 aliphatic heterocycles. The smallest absolute Gasteiger partial charge is 0.267 e. The van der Waals surface area contributed by atoms with Crippen molar-refractivity contribution in [2.24, 2.45) is 0 Å². The van der Waals surface area contributed by atoms with E-state index in [0.717, 1.165) is 11.6 Å². The van der Waals surface area contributed by atoms with Crippen molar-refractivity contribution in [2.45, 2.75) is 6.92 Å². The third kappa shape index (κ3) is 2.47. The van der Waals surface area contributed by atoms with Crippen molar-refractivity contribution >= 4 is 34.5 Å². The van der Waals surface area contributed by atoms with Crippen molar-refractivity contribution in [3.05, 3.63) is 44.9 Å². The van der Waals surface area contributed by atoms with Gasteiger partial charge in [-0.05, 0) is 30.0 Å². The fraction of sp³-hybridized carbons (Fsp3) is 0.0833. The number of hydrogen-bond donors (Lipinski definition) is 2. The molecule has 18 heavy (non-hydrogen) atoms. The summed E-state index contributed by atoms with van der Waals surface area (Å²) >= 11 is 7.15. The Kier molecular flexibility index (Phi) is 3.54. The van der Waals surface area contributed by atoms with Gasteiger partial charge in [0.1, 0.15) is 16.4 Å². The van der Waals surface area contributed by atoms with E-state index in [1.165, 1.54) is 23.5 Å². The molecule has 0 bridgehead atoms. The zero-order chi connectivity index (χ0) is 13.3. The Morgan fingerprint density at radius 2 is 2.22 bits per heavy atom. The molecule has 94 valence electrons. The first-order chi connectivity index (χ1) is 8.49. The molecule has 2 aromatic rings. The van der Waals surface area contributed by atoms with E-state index >= 15 is 0 Å². The molecule has 2 N–H and O–H groups in total. The van der Waals surface area contributed by atoms with E-state index in [1.807, 2.05) is 0 Å². The molecular formula is C12H9ClFNO2S. The Balaban J connectivity index is 2.24. The van der Waals surface area contributed by atoms with Crippen LogP contribution in [-0.2, 0) is 0 Å². The molecule has 2 rings (SSSR count). The zero-order valence-electron chi connectivity index (χ0n) is 9.33. The van der Waals surface area contributed by atoms with Crippen LogP contribution in [0, 0.1) is 12.7 Å². The SMILES string of the molecule is Cc1csc(C(=O)Nc2ccc(O)cc2F)c1Cl. The number of halogens is 2. The monoisotopic (exact) mass is 285 g/mol. The van der Waals surface area contributed by atoms with Crippen LogP contribution in [0.3, 0.4) is 0 Å². The molecule has 0 aliphatic carbocycles. The fourth-order valence-corrected chi connectivity index (χ4v) is 2.54. The summed E-state index contributed by atoms with van der Waals surface area (Å²) in [6, 6.07) is 3.51. The molecule has 1 heterocycles. The maximum Gasteiger partial charge on any atom is 0.267 e. The lowest BCUT2D eigenvalue weighted by Crippen LogP contribution is -2.11. The molecule has 0 saturated heterocycles.